The second-order valence-corrected chi connectivity index (χ2v) is 4.76. The number of H-pyrrole nitrogens is 1. The highest BCUT2D eigenvalue weighted by atomic mass is 19.4. The molecule has 2 aromatic heterocycles. The largest absolute Gasteiger partial charge is 0.707 e. The smallest absolute Gasteiger partial charge is 0.511 e. The van der Waals surface area contributed by atoms with Crippen LogP contribution in [0.25, 0.3) is 22.4 Å². The Morgan fingerprint density at radius 3 is 2.58 bits per heavy atom. The number of fused-ring (bicyclic) bond motifs is 1. The maximum Gasteiger partial charge on any atom is 0.707 e. The van der Waals surface area contributed by atoms with Crippen LogP contribution in [0.2, 0.25) is 0 Å². The zero-order chi connectivity index (χ0) is 17.5. The summed E-state index contributed by atoms with van der Waals surface area (Å²) in [7, 11) is -2.22. The molecule has 0 saturated heterocycles. The molecular weight excluding hydrogens is 333 g/mol. The molecule has 0 amide bonds. The van der Waals surface area contributed by atoms with Crippen LogP contribution in [0.3, 0.4) is 0 Å². The number of nitrogens with one attached hydrogen (secondary N) is 1. The Balaban J connectivity index is 2.17. The Hall–Kier alpha value is -2.66. The maximum absolute atomic E-state index is 13.2. The standard InChI is InChI=1S/C13H8BF4N3O3/c15-6-1-2-9-10(3-6)21-12(20-9)8-4-7(24-14(22)23)5-19-11(8)13(16,17)18/h1-5,22-23H,(H,20,21). The average molecular weight is 341 g/mol. The predicted molar refractivity (Wildman–Crippen MR) is 75.1 cm³/mol. The van der Waals surface area contributed by atoms with Crippen LogP contribution in [0, 0.1) is 5.82 Å². The van der Waals surface area contributed by atoms with Crippen LogP contribution in [0.15, 0.2) is 30.5 Å². The number of hydrogen-bond donors (Lipinski definition) is 3. The van der Waals surface area contributed by atoms with Crippen molar-refractivity contribution in [1.29, 1.82) is 0 Å². The first-order chi connectivity index (χ1) is 11.2. The molecule has 124 valence electrons. The van der Waals surface area contributed by atoms with E-state index in [1.807, 2.05) is 0 Å². The van der Waals surface area contributed by atoms with Gasteiger partial charge in [0.1, 0.15) is 17.4 Å². The summed E-state index contributed by atoms with van der Waals surface area (Å²) < 4.78 is 57.2. The van der Waals surface area contributed by atoms with Crippen LogP contribution in [0.5, 0.6) is 5.75 Å². The Labute approximate surface area is 131 Å². The van der Waals surface area contributed by atoms with Crippen molar-refractivity contribution in [1.82, 2.24) is 15.0 Å². The highest BCUT2D eigenvalue weighted by molar-refractivity contribution is 6.33. The number of halogens is 4. The quantitative estimate of drug-likeness (QED) is 0.502. The fourth-order valence-electron chi connectivity index (χ4n) is 2.15. The molecule has 0 radical (unpaired) electrons. The molecular formula is C13H8BF4N3O3. The van der Waals surface area contributed by atoms with E-state index in [0.29, 0.717) is 6.20 Å². The third-order valence-electron chi connectivity index (χ3n) is 3.07. The lowest BCUT2D eigenvalue weighted by Crippen LogP contribution is -2.21. The van der Waals surface area contributed by atoms with Gasteiger partial charge in [-0.05, 0) is 24.3 Å². The first kappa shape index (κ1) is 16.2. The van der Waals surface area contributed by atoms with E-state index < -0.39 is 30.6 Å². The minimum absolute atomic E-state index is 0.201. The molecule has 11 heteroatoms. The number of benzene rings is 1. The van der Waals surface area contributed by atoms with Crippen LogP contribution in [-0.4, -0.2) is 32.3 Å². The fraction of sp³-hybridized carbons (Fsp3) is 0.0769. The molecule has 0 fully saturated rings. The van der Waals surface area contributed by atoms with E-state index in [0.717, 1.165) is 18.2 Å². The van der Waals surface area contributed by atoms with Gasteiger partial charge in [-0.15, -0.1) is 0 Å². The SMILES string of the molecule is OB(O)Oc1cnc(C(F)(F)F)c(-c2nc3ccc(F)cc3[nH]2)c1. The Kier molecular flexibility index (Phi) is 3.89. The molecule has 0 aliphatic carbocycles. The van der Waals surface area contributed by atoms with Crippen molar-refractivity contribution in [2.45, 2.75) is 6.18 Å². The molecule has 3 rings (SSSR count). The van der Waals surface area contributed by atoms with Gasteiger partial charge in [0.25, 0.3) is 0 Å². The lowest BCUT2D eigenvalue weighted by molar-refractivity contribution is -0.140. The van der Waals surface area contributed by atoms with Crippen molar-refractivity contribution >= 4 is 18.4 Å². The first-order valence-electron chi connectivity index (χ1n) is 6.50. The number of aromatic nitrogens is 3. The number of aromatic amines is 1. The van der Waals surface area contributed by atoms with Gasteiger partial charge in [0, 0.05) is 0 Å². The van der Waals surface area contributed by atoms with E-state index in [2.05, 4.69) is 19.6 Å². The highest BCUT2D eigenvalue weighted by Gasteiger charge is 2.37. The molecule has 0 unspecified atom stereocenters. The van der Waals surface area contributed by atoms with Crippen molar-refractivity contribution in [3.63, 3.8) is 0 Å². The van der Waals surface area contributed by atoms with Gasteiger partial charge < -0.3 is 19.7 Å². The molecule has 24 heavy (non-hydrogen) atoms. The zero-order valence-electron chi connectivity index (χ0n) is 11.7. The number of rotatable bonds is 3. The van der Waals surface area contributed by atoms with Crippen molar-refractivity contribution in [3.05, 3.63) is 42.0 Å². The van der Waals surface area contributed by atoms with Gasteiger partial charge in [-0.3, -0.25) is 0 Å². The van der Waals surface area contributed by atoms with Crippen LogP contribution < -0.4 is 4.65 Å². The van der Waals surface area contributed by atoms with Crippen molar-refractivity contribution in [2.24, 2.45) is 0 Å². The van der Waals surface area contributed by atoms with Gasteiger partial charge in [0.2, 0.25) is 0 Å². The second-order valence-electron chi connectivity index (χ2n) is 4.76. The van der Waals surface area contributed by atoms with Gasteiger partial charge >= 0.3 is 13.5 Å². The number of imidazole rings is 1. The summed E-state index contributed by atoms with van der Waals surface area (Å²) in [5, 5.41) is 17.5. The molecule has 3 aromatic rings. The molecule has 0 atom stereocenters. The number of nitrogens with zero attached hydrogens (tertiary/aromatic N) is 2. The normalized spacial score (nSPS) is 11.8. The van der Waals surface area contributed by atoms with E-state index in [9.17, 15) is 17.6 Å². The summed E-state index contributed by atoms with van der Waals surface area (Å²) >= 11 is 0. The Morgan fingerprint density at radius 1 is 1.17 bits per heavy atom. The molecule has 0 spiro atoms. The van der Waals surface area contributed by atoms with Crippen molar-refractivity contribution < 1.29 is 32.3 Å². The summed E-state index contributed by atoms with van der Waals surface area (Å²) in [5.74, 6) is -1.10. The summed E-state index contributed by atoms with van der Waals surface area (Å²) in [6.45, 7) is 0. The van der Waals surface area contributed by atoms with E-state index in [4.69, 9.17) is 10.0 Å². The molecule has 0 saturated carbocycles. The van der Waals surface area contributed by atoms with Crippen molar-refractivity contribution in [3.8, 4) is 17.1 Å². The van der Waals surface area contributed by atoms with Crippen LogP contribution in [0.4, 0.5) is 17.6 Å². The third kappa shape index (κ3) is 3.17. The minimum Gasteiger partial charge on any atom is -0.511 e. The molecule has 0 bridgehead atoms. The van der Waals surface area contributed by atoms with Gasteiger partial charge in [-0.2, -0.15) is 13.2 Å². The van der Waals surface area contributed by atoms with Crippen LogP contribution >= 0.6 is 0 Å². The number of hydrogen-bond acceptors (Lipinski definition) is 5. The second kappa shape index (κ2) is 5.76. The molecule has 3 N–H and O–H groups in total. The molecule has 0 aliphatic rings. The summed E-state index contributed by atoms with van der Waals surface area (Å²) in [5.41, 5.74) is -1.27. The van der Waals surface area contributed by atoms with E-state index >= 15 is 0 Å². The minimum atomic E-state index is -4.78. The van der Waals surface area contributed by atoms with Crippen LogP contribution in [-0.2, 0) is 6.18 Å². The predicted octanol–water partition coefficient (Wildman–Crippen LogP) is 2.13. The van der Waals surface area contributed by atoms with E-state index in [1.54, 1.807) is 0 Å². The zero-order valence-corrected chi connectivity index (χ0v) is 11.7. The highest BCUT2D eigenvalue weighted by Crippen LogP contribution is 2.36. The van der Waals surface area contributed by atoms with E-state index in [-0.39, 0.29) is 22.6 Å². The summed E-state index contributed by atoms with van der Waals surface area (Å²) in [6, 6.07) is 4.42. The van der Waals surface area contributed by atoms with Crippen molar-refractivity contribution in [2.75, 3.05) is 0 Å². The average Bonchev–Trinajstić information content (AvgIpc) is 2.88. The first-order valence-corrected chi connectivity index (χ1v) is 6.50. The topological polar surface area (TPSA) is 91.3 Å². The van der Waals surface area contributed by atoms with Gasteiger partial charge in [0.05, 0.1) is 22.8 Å². The fourth-order valence-corrected chi connectivity index (χ4v) is 2.15. The Bertz CT molecular complexity index is 898. The summed E-state index contributed by atoms with van der Waals surface area (Å²) in [4.78, 5) is 9.81. The maximum atomic E-state index is 13.2. The van der Waals surface area contributed by atoms with Gasteiger partial charge in [0.15, 0.2) is 5.69 Å². The van der Waals surface area contributed by atoms with Gasteiger partial charge in [-0.25, -0.2) is 14.4 Å². The molecule has 0 aliphatic heterocycles. The van der Waals surface area contributed by atoms with Crippen LogP contribution in [0.1, 0.15) is 5.69 Å². The molecule has 6 nitrogen and oxygen atoms in total. The summed E-state index contributed by atoms with van der Waals surface area (Å²) in [6.07, 6.45) is -4.08. The Morgan fingerprint density at radius 2 is 1.92 bits per heavy atom. The monoisotopic (exact) mass is 341 g/mol. The molecule has 2 heterocycles. The lowest BCUT2D eigenvalue weighted by atomic mass is 10.1. The molecule has 1 aromatic carbocycles. The lowest BCUT2D eigenvalue weighted by Gasteiger charge is -2.12. The number of pyridine rings is 1. The third-order valence-corrected chi connectivity index (χ3v) is 3.07. The number of alkyl halides is 3. The van der Waals surface area contributed by atoms with Gasteiger partial charge in [-0.1, -0.05) is 0 Å². The van der Waals surface area contributed by atoms with E-state index in [1.165, 1.54) is 6.07 Å².